The molecule has 1 aliphatic rings. The van der Waals surface area contributed by atoms with Crippen LogP contribution in [0.1, 0.15) is 12.0 Å². The third-order valence-corrected chi connectivity index (χ3v) is 3.29. The fourth-order valence-electron chi connectivity index (χ4n) is 2.09. The highest BCUT2D eigenvalue weighted by molar-refractivity contribution is 5.83. The minimum atomic E-state index is -2.75. The molecule has 1 aliphatic carbocycles. The van der Waals surface area contributed by atoms with Crippen LogP contribution < -0.4 is 5.73 Å². The van der Waals surface area contributed by atoms with Gasteiger partial charge in [-0.25, -0.2) is 8.78 Å². The first-order chi connectivity index (χ1) is 7.53. The third kappa shape index (κ3) is 1.18. The standard InChI is InChI=1S/C13H11F2N/c14-13(15)8-12(13,16)11-6-5-9-3-1-2-4-10(9)7-11/h1-7H,8,16H2. The van der Waals surface area contributed by atoms with Crippen molar-refractivity contribution >= 4 is 10.8 Å². The van der Waals surface area contributed by atoms with Crippen molar-refractivity contribution in [3.63, 3.8) is 0 Å². The van der Waals surface area contributed by atoms with Crippen molar-refractivity contribution in [3.05, 3.63) is 48.0 Å². The monoisotopic (exact) mass is 219 g/mol. The minimum absolute atomic E-state index is 0.252. The van der Waals surface area contributed by atoms with E-state index in [0.717, 1.165) is 10.8 Å². The molecule has 1 atom stereocenters. The zero-order valence-electron chi connectivity index (χ0n) is 8.58. The fourth-order valence-corrected chi connectivity index (χ4v) is 2.09. The number of nitrogens with two attached hydrogens (primary N) is 1. The van der Waals surface area contributed by atoms with E-state index in [-0.39, 0.29) is 6.42 Å². The van der Waals surface area contributed by atoms with E-state index in [0.29, 0.717) is 5.56 Å². The Bertz CT molecular complexity index is 565. The maximum absolute atomic E-state index is 13.1. The van der Waals surface area contributed by atoms with Crippen LogP contribution in [0, 0.1) is 0 Å². The van der Waals surface area contributed by atoms with Gasteiger partial charge in [0.1, 0.15) is 5.54 Å². The molecular weight excluding hydrogens is 208 g/mol. The second kappa shape index (κ2) is 2.80. The van der Waals surface area contributed by atoms with Crippen molar-refractivity contribution < 1.29 is 8.78 Å². The Labute approximate surface area is 91.9 Å². The molecule has 82 valence electrons. The van der Waals surface area contributed by atoms with Crippen LogP contribution in [0.25, 0.3) is 10.8 Å². The van der Waals surface area contributed by atoms with Gasteiger partial charge in [-0.15, -0.1) is 0 Å². The van der Waals surface area contributed by atoms with Gasteiger partial charge in [0.05, 0.1) is 0 Å². The average molecular weight is 219 g/mol. The second-order valence-corrected chi connectivity index (χ2v) is 4.41. The predicted molar refractivity (Wildman–Crippen MR) is 59.4 cm³/mol. The van der Waals surface area contributed by atoms with Crippen LogP contribution in [-0.4, -0.2) is 5.92 Å². The van der Waals surface area contributed by atoms with Crippen LogP contribution in [-0.2, 0) is 5.54 Å². The van der Waals surface area contributed by atoms with Crippen LogP contribution >= 0.6 is 0 Å². The van der Waals surface area contributed by atoms with Gasteiger partial charge in [-0.05, 0) is 22.4 Å². The first-order valence-electron chi connectivity index (χ1n) is 5.19. The van der Waals surface area contributed by atoms with E-state index in [4.69, 9.17) is 5.73 Å². The van der Waals surface area contributed by atoms with E-state index in [2.05, 4.69) is 0 Å². The molecule has 3 rings (SSSR count). The number of rotatable bonds is 1. The quantitative estimate of drug-likeness (QED) is 0.783. The molecule has 0 aliphatic heterocycles. The van der Waals surface area contributed by atoms with Crippen molar-refractivity contribution in [3.8, 4) is 0 Å². The van der Waals surface area contributed by atoms with Gasteiger partial charge in [-0.1, -0.05) is 36.4 Å². The summed E-state index contributed by atoms with van der Waals surface area (Å²) in [6, 6.07) is 13.0. The Morgan fingerprint density at radius 1 is 1.00 bits per heavy atom. The van der Waals surface area contributed by atoms with Gasteiger partial charge < -0.3 is 5.73 Å². The molecule has 1 nitrogen and oxygen atoms in total. The summed E-state index contributed by atoms with van der Waals surface area (Å²) in [7, 11) is 0. The Morgan fingerprint density at radius 2 is 1.62 bits per heavy atom. The first kappa shape index (κ1) is 9.73. The van der Waals surface area contributed by atoms with Gasteiger partial charge in [-0.2, -0.15) is 0 Å². The smallest absolute Gasteiger partial charge is 0.272 e. The van der Waals surface area contributed by atoms with Crippen LogP contribution in [0.15, 0.2) is 42.5 Å². The molecule has 2 aromatic rings. The molecule has 1 unspecified atom stereocenters. The van der Waals surface area contributed by atoms with E-state index < -0.39 is 11.5 Å². The van der Waals surface area contributed by atoms with E-state index in [1.807, 2.05) is 30.3 Å². The Morgan fingerprint density at radius 3 is 2.25 bits per heavy atom. The number of halogens is 2. The van der Waals surface area contributed by atoms with Gasteiger partial charge in [0.25, 0.3) is 5.92 Å². The number of hydrogen-bond donors (Lipinski definition) is 1. The molecule has 0 bridgehead atoms. The van der Waals surface area contributed by atoms with E-state index >= 15 is 0 Å². The molecule has 3 heteroatoms. The molecule has 2 N–H and O–H groups in total. The summed E-state index contributed by atoms with van der Waals surface area (Å²) < 4.78 is 26.3. The normalized spacial score (nSPS) is 26.9. The summed E-state index contributed by atoms with van der Waals surface area (Å²) in [5.41, 5.74) is 4.76. The highest BCUT2D eigenvalue weighted by atomic mass is 19.3. The van der Waals surface area contributed by atoms with Crippen molar-refractivity contribution in [2.24, 2.45) is 5.73 Å². The van der Waals surface area contributed by atoms with E-state index in [1.54, 1.807) is 12.1 Å². The summed E-state index contributed by atoms with van der Waals surface area (Å²) >= 11 is 0. The summed E-state index contributed by atoms with van der Waals surface area (Å²) in [4.78, 5) is 0. The Hall–Kier alpha value is -1.48. The minimum Gasteiger partial charge on any atom is -0.316 e. The second-order valence-electron chi connectivity index (χ2n) is 4.41. The van der Waals surface area contributed by atoms with Gasteiger partial charge in [0.2, 0.25) is 0 Å². The summed E-state index contributed by atoms with van der Waals surface area (Å²) in [6.45, 7) is 0. The molecule has 1 saturated carbocycles. The molecule has 0 heterocycles. The zero-order chi connectivity index (χ0) is 11.4. The van der Waals surface area contributed by atoms with Gasteiger partial charge in [0.15, 0.2) is 0 Å². The number of alkyl halides is 2. The molecule has 0 amide bonds. The highest BCUT2D eigenvalue weighted by Gasteiger charge is 2.69. The average Bonchev–Trinajstić information content (AvgIpc) is 2.79. The predicted octanol–water partition coefficient (Wildman–Crippen LogP) is 3.03. The van der Waals surface area contributed by atoms with Gasteiger partial charge in [0, 0.05) is 6.42 Å². The lowest BCUT2D eigenvalue weighted by Gasteiger charge is -2.11. The fraction of sp³-hybridized carbons (Fsp3) is 0.231. The lowest BCUT2D eigenvalue weighted by Crippen LogP contribution is -2.26. The van der Waals surface area contributed by atoms with Crippen LogP contribution in [0.4, 0.5) is 8.78 Å². The lowest BCUT2D eigenvalue weighted by molar-refractivity contribution is 0.0891. The van der Waals surface area contributed by atoms with Gasteiger partial charge in [-0.3, -0.25) is 0 Å². The molecule has 2 aromatic carbocycles. The lowest BCUT2D eigenvalue weighted by atomic mass is 10.0. The number of benzene rings is 2. The highest BCUT2D eigenvalue weighted by Crippen LogP contribution is 2.57. The molecular formula is C13H11F2N. The summed E-state index contributed by atoms with van der Waals surface area (Å²) in [5, 5.41) is 1.99. The molecule has 0 aromatic heterocycles. The van der Waals surface area contributed by atoms with Gasteiger partial charge >= 0.3 is 0 Å². The number of hydrogen-bond acceptors (Lipinski definition) is 1. The van der Waals surface area contributed by atoms with Crippen molar-refractivity contribution in [1.82, 2.24) is 0 Å². The SMILES string of the molecule is NC1(c2ccc3ccccc3c2)CC1(F)F. The molecule has 0 saturated heterocycles. The molecule has 16 heavy (non-hydrogen) atoms. The van der Waals surface area contributed by atoms with Crippen LogP contribution in [0.3, 0.4) is 0 Å². The van der Waals surface area contributed by atoms with Crippen LogP contribution in [0.2, 0.25) is 0 Å². The largest absolute Gasteiger partial charge is 0.316 e. The summed E-state index contributed by atoms with van der Waals surface area (Å²) in [6.07, 6.45) is -0.252. The maximum atomic E-state index is 13.1. The molecule has 0 radical (unpaired) electrons. The van der Waals surface area contributed by atoms with Crippen molar-refractivity contribution in [1.29, 1.82) is 0 Å². The Balaban J connectivity index is 2.14. The van der Waals surface area contributed by atoms with Crippen LogP contribution in [0.5, 0.6) is 0 Å². The van der Waals surface area contributed by atoms with E-state index in [9.17, 15) is 8.78 Å². The molecule has 1 fully saturated rings. The third-order valence-electron chi connectivity index (χ3n) is 3.29. The Kier molecular flexibility index (Phi) is 1.70. The van der Waals surface area contributed by atoms with Crippen molar-refractivity contribution in [2.45, 2.75) is 17.9 Å². The topological polar surface area (TPSA) is 26.0 Å². The first-order valence-corrected chi connectivity index (χ1v) is 5.19. The molecule has 0 spiro atoms. The van der Waals surface area contributed by atoms with Crippen molar-refractivity contribution in [2.75, 3.05) is 0 Å². The number of fused-ring (bicyclic) bond motifs is 1. The van der Waals surface area contributed by atoms with E-state index in [1.165, 1.54) is 0 Å². The zero-order valence-corrected chi connectivity index (χ0v) is 8.58. The maximum Gasteiger partial charge on any atom is 0.272 e. The summed E-state index contributed by atoms with van der Waals surface area (Å²) in [5.74, 6) is -2.75.